The highest BCUT2D eigenvalue weighted by Crippen LogP contribution is 2.35. The van der Waals surface area contributed by atoms with E-state index in [0.717, 1.165) is 9.80 Å². The standard InChI is InChI=1S/C27H30I3N3O12/c28-17-10-16(1-2-21(17)34)45-26-18(29)7-15(8-19(26)30)9-20(27(43)44)33(5-3-31(11-22(35)36)12-23(37)38)6-4-32(13-24(39)40)14-25(41)42/h1-2,7-8,10,20,34H,3-6,9,11-14H2,(H,35,36)(H,37,38)(H,39,40)(H,41,42)(H,43,44). The van der Waals surface area contributed by atoms with Gasteiger partial charge >= 0.3 is 29.8 Å². The lowest BCUT2D eigenvalue weighted by molar-refractivity contribution is -0.146. The van der Waals surface area contributed by atoms with Gasteiger partial charge in [0.1, 0.15) is 17.5 Å². The number of carboxylic acid groups (broad SMARTS) is 5. The number of phenolic OH excluding ortho intramolecular Hbond substituents is 1. The molecule has 15 nitrogen and oxygen atoms in total. The molecule has 0 saturated carbocycles. The van der Waals surface area contributed by atoms with Crippen LogP contribution >= 0.6 is 67.8 Å². The number of carboxylic acids is 5. The lowest BCUT2D eigenvalue weighted by atomic mass is 10.0. The van der Waals surface area contributed by atoms with Crippen molar-refractivity contribution in [2.24, 2.45) is 0 Å². The predicted octanol–water partition coefficient (Wildman–Crippen LogP) is 2.24. The molecule has 0 saturated heterocycles. The second kappa shape index (κ2) is 18.6. The molecule has 246 valence electrons. The van der Waals surface area contributed by atoms with Gasteiger partial charge in [-0.3, -0.25) is 38.7 Å². The molecule has 0 radical (unpaired) electrons. The number of phenols is 1. The number of ether oxygens (including phenoxy) is 1. The molecule has 0 aliphatic rings. The first-order valence-corrected chi connectivity index (χ1v) is 16.2. The number of aliphatic carboxylic acids is 5. The number of hydrogen-bond acceptors (Lipinski definition) is 10. The number of nitrogens with zero attached hydrogens (tertiary/aromatic N) is 3. The molecule has 0 aliphatic heterocycles. The second-order valence-electron chi connectivity index (χ2n) is 9.69. The van der Waals surface area contributed by atoms with Gasteiger partial charge in [0.05, 0.1) is 36.9 Å². The van der Waals surface area contributed by atoms with Crippen LogP contribution in [0.2, 0.25) is 0 Å². The van der Waals surface area contributed by atoms with Gasteiger partial charge in [0.2, 0.25) is 0 Å². The molecule has 0 heterocycles. The van der Waals surface area contributed by atoms with Gasteiger partial charge in [0, 0.05) is 26.2 Å². The minimum Gasteiger partial charge on any atom is -0.507 e. The molecular formula is C27H30I3N3O12. The Balaban J connectivity index is 2.38. The number of rotatable bonds is 20. The average molecular weight is 969 g/mol. The van der Waals surface area contributed by atoms with Crippen molar-refractivity contribution in [1.82, 2.24) is 14.7 Å². The topological polar surface area (TPSA) is 226 Å². The van der Waals surface area contributed by atoms with Crippen molar-refractivity contribution in [3.63, 3.8) is 0 Å². The lowest BCUT2D eigenvalue weighted by Gasteiger charge is -2.32. The van der Waals surface area contributed by atoms with Crippen molar-refractivity contribution in [3.05, 3.63) is 46.6 Å². The van der Waals surface area contributed by atoms with E-state index in [9.17, 15) is 54.6 Å². The second-order valence-corrected chi connectivity index (χ2v) is 13.2. The minimum atomic E-state index is -1.28. The zero-order valence-electron chi connectivity index (χ0n) is 23.4. The van der Waals surface area contributed by atoms with Crippen LogP contribution in [0.25, 0.3) is 0 Å². The third-order valence-electron chi connectivity index (χ3n) is 6.19. The molecule has 0 spiro atoms. The van der Waals surface area contributed by atoms with Crippen molar-refractivity contribution >= 4 is 97.6 Å². The highest BCUT2D eigenvalue weighted by atomic mass is 127. The van der Waals surface area contributed by atoms with Gasteiger partial charge in [0.15, 0.2) is 5.75 Å². The molecule has 6 N–H and O–H groups in total. The van der Waals surface area contributed by atoms with Gasteiger partial charge in [-0.25, -0.2) is 0 Å². The minimum absolute atomic E-state index is 0.0472. The number of aromatic hydroxyl groups is 1. The van der Waals surface area contributed by atoms with Crippen LogP contribution < -0.4 is 4.74 Å². The molecule has 18 heteroatoms. The maximum atomic E-state index is 12.6. The first-order valence-electron chi connectivity index (χ1n) is 13.0. The van der Waals surface area contributed by atoms with E-state index in [4.69, 9.17) is 4.74 Å². The summed E-state index contributed by atoms with van der Waals surface area (Å²) >= 11 is 6.07. The van der Waals surface area contributed by atoms with Crippen LogP contribution in [0.3, 0.4) is 0 Å². The Morgan fingerprint density at radius 1 is 0.667 bits per heavy atom. The van der Waals surface area contributed by atoms with Crippen LogP contribution in [0, 0.1) is 10.7 Å². The van der Waals surface area contributed by atoms with Crippen molar-refractivity contribution in [2.75, 3.05) is 52.4 Å². The summed E-state index contributed by atoms with van der Waals surface area (Å²) in [5.74, 6) is -5.25. The van der Waals surface area contributed by atoms with Crippen LogP contribution in [-0.4, -0.2) is 134 Å². The molecule has 2 rings (SSSR count). The fraction of sp³-hybridized carbons (Fsp3) is 0.370. The molecule has 2 aromatic rings. The quantitative estimate of drug-likeness (QED) is 0.105. The van der Waals surface area contributed by atoms with Crippen molar-refractivity contribution in [1.29, 1.82) is 0 Å². The molecule has 45 heavy (non-hydrogen) atoms. The first kappa shape index (κ1) is 38.6. The van der Waals surface area contributed by atoms with Gasteiger partial charge in [0.25, 0.3) is 0 Å². The number of benzene rings is 2. The Kier molecular flexibility index (Phi) is 15.9. The molecule has 0 bridgehead atoms. The van der Waals surface area contributed by atoms with Crippen LogP contribution in [0.5, 0.6) is 17.2 Å². The van der Waals surface area contributed by atoms with Gasteiger partial charge in [-0.15, -0.1) is 0 Å². The normalized spacial score (nSPS) is 12.0. The van der Waals surface area contributed by atoms with Crippen LogP contribution in [0.1, 0.15) is 5.56 Å². The summed E-state index contributed by atoms with van der Waals surface area (Å²) < 4.78 is 7.94. The summed E-state index contributed by atoms with van der Waals surface area (Å²) in [4.78, 5) is 61.4. The van der Waals surface area contributed by atoms with E-state index in [-0.39, 0.29) is 38.3 Å². The van der Waals surface area contributed by atoms with Crippen LogP contribution in [0.4, 0.5) is 0 Å². The zero-order valence-corrected chi connectivity index (χ0v) is 29.9. The van der Waals surface area contributed by atoms with E-state index in [0.29, 0.717) is 27.8 Å². The largest absolute Gasteiger partial charge is 0.507 e. The Morgan fingerprint density at radius 2 is 1.11 bits per heavy atom. The molecule has 0 aromatic heterocycles. The Labute approximate surface area is 298 Å². The van der Waals surface area contributed by atoms with E-state index in [1.54, 1.807) is 24.3 Å². The predicted molar refractivity (Wildman–Crippen MR) is 183 cm³/mol. The van der Waals surface area contributed by atoms with Crippen LogP contribution in [-0.2, 0) is 30.4 Å². The lowest BCUT2D eigenvalue weighted by Crippen LogP contribution is -2.50. The highest BCUT2D eigenvalue weighted by Gasteiger charge is 2.29. The van der Waals surface area contributed by atoms with Crippen molar-refractivity contribution < 1.29 is 59.3 Å². The highest BCUT2D eigenvalue weighted by molar-refractivity contribution is 14.1. The number of hydrogen-bond donors (Lipinski definition) is 6. The van der Waals surface area contributed by atoms with Crippen molar-refractivity contribution in [2.45, 2.75) is 12.5 Å². The first-order chi connectivity index (χ1) is 21.0. The Hall–Kier alpha value is -2.54. The summed E-state index contributed by atoms with van der Waals surface area (Å²) in [5.41, 5.74) is 0.606. The maximum Gasteiger partial charge on any atom is 0.321 e. The summed E-state index contributed by atoms with van der Waals surface area (Å²) in [6.07, 6.45) is -0.0472. The molecule has 0 fully saturated rings. The van der Waals surface area contributed by atoms with E-state index >= 15 is 0 Å². The van der Waals surface area contributed by atoms with E-state index < -0.39 is 62.1 Å². The van der Waals surface area contributed by atoms with E-state index in [1.807, 2.05) is 22.6 Å². The Bertz CT molecular complexity index is 1320. The van der Waals surface area contributed by atoms with Gasteiger partial charge in [-0.1, -0.05) is 0 Å². The average Bonchev–Trinajstić information content (AvgIpc) is 2.90. The van der Waals surface area contributed by atoms with Gasteiger partial charge < -0.3 is 35.4 Å². The fourth-order valence-corrected chi connectivity index (χ4v) is 6.85. The smallest absolute Gasteiger partial charge is 0.321 e. The van der Waals surface area contributed by atoms with Gasteiger partial charge in [-0.05, 0) is 110 Å². The van der Waals surface area contributed by atoms with Gasteiger partial charge in [-0.2, -0.15) is 0 Å². The van der Waals surface area contributed by atoms with E-state index in [1.165, 1.54) is 11.0 Å². The third-order valence-corrected chi connectivity index (χ3v) is 8.66. The number of halogens is 3. The maximum absolute atomic E-state index is 12.6. The summed E-state index contributed by atoms with van der Waals surface area (Å²) in [6.45, 7) is -2.96. The monoisotopic (exact) mass is 969 g/mol. The molecule has 0 aliphatic carbocycles. The molecule has 2 aromatic carbocycles. The SMILES string of the molecule is O=C(O)CN(CCN(CCN(CC(=O)O)CC(=O)O)C(Cc1cc(I)c(Oc2ccc(O)c(I)c2)c(I)c1)C(=O)O)CC(=O)O. The fourth-order valence-electron chi connectivity index (χ4n) is 4.25. The summed E-state index contributed by atoms with van der Waals surface area (Å²) in [6, 6.07) is 7.00. The van der Waals surface area contributed by atoms with Crippen molar-refractivity contribution in [3.8, 4) is 17.2 Å². The number of carbonyl (C=O) groups is 5. The third kappa shape index (κ3) is 13.8. The van der Waals surface area contributed by atoms with Crippen LogP contribution in [0.15, 0.2) is 30.3 Å². The summed E-state index contributed by atoms with van der Waals surface area (Å²) in [5, 5.41) is 56.9. The zero-order chi connectivity index (χ0) is 33.8. The molecule has 1 atom stereocenters. The molecule has 0 amide bonds. The molecule has 1 unspecified atom stereocenters. The van der Waals surface area contributed by atoms with E-state index in [2.05, 4.69) is 45.2 Å². The Morgan fingerprint density at radius 3 is 1.49 bits per heavy atom. The molecular weight excluding hydrogens is 939 g/mol. The summed E-state index contributed by atoms with van der Waals surface area (Å²) in [7, 11) is 0.